The van der Waals surface area contributed by atoms with Crippen LogP contribution in [0.1, 0.15) is 37.2 Å². The fourth-order valence-corrected chi connectivity index (χ4v) is 2.73. The summed E-state index contributed by atoms with van der Waals surface area (Å²) in [5, 5.41) is 3.70. The normalized spacial score (nSPS) is 22.7. The number of nitrogens with one attached hydrogen (secondary N) is 1. The molecule has 104 valence electrons. The van der Waals surface area contributed by atoms with Gasteiger partial charge in [0, 0.05) is 29.8 Å². The van der Waals surface area contributed by atoms with Crippen LogP contribution in [-0.2, 0) is 0 Å². The average molecular weight is 268 g/mol. The summed E-state index contributed by atoms with van der Waals surface area (Å²) in [6.07, 6.45) is 1.84. The maximum atomic E-state index is 5.80. The van der Waals surface area contributed by atoms with E-state index in [1.165, 1.54) is 5.56 Å². The Kier molecular flexibility index (Phi) is 3.70. The molecule has 3 rings (SSSR count). The third-order valence-corrected chi connectivity index (χ3v) is 3.89. The van der Waals surface area contributed by atoms with Crippen molar-refractivity contribution in [3.8, 4) is 5.75 Å². The second-order valence-corrected chi connectivity index (χ2v) is 5.45. The lowest BCUT2D eigenvalue weighted by atomic mass is 9.91. The lowest BCUT2D eigenvalue weighted by Crippen LogP contribution is -2.35. The van der Waals surface area contributed by atoms with E-state index < -0.39 is 0 Å². The maximum Gasteiger partial charge on any atom is 0.124 e. The number of hydrogen-bond donors (Lipinski definition) is 1. The highest BCUT2D eigenvalue weighted by atomic mass is 16.5. The molecule has 0 amide bonds. The molecule has 1 N–H and O–H groups in total. The van der Waals surface area contributed by atoms with Crippen molar-refractivity contribution in [2.45, 2.75) is 25.9 Å². The first-order chi connectivity index (χ1) is 9.75. The molecule has 0 aliphatic carbocycles. The Morgan fingerprint density at radius 2 is 2.00 bits per heavy atom. The van der Waals surface area contributed by atoms with E-state index in [1.807, 2.05) is 30.5 Å². The molecule has 0 saturated heterocycles. The molecule has 3 heteroatoms. The van der Waals surface area contributed by atoms with E-state index in [1.54, 1.807) is 0 Å². The zero-order chi connectivity index (χ0) is 13.9. The highest BCUT2D eigenvalue weighted by molar-refractivity contribution is 5.38. The second-order valence-electron chi connectivity index (χ2n) is 5.45. The minimum absolute atomic E-state index is 0.217. The molecular formula is C17H20N2O. The van der Waals surface area contributed by atoms with Gasteiger partial charge in [-0.15, -0.1) is 0 Å². The molecule has 1 aromatic heterocycles. The number of ether oxygens (including phenoxy) is 1. The Hall–Kier alpha value is -1.87. The minimum Gasteiger partial charge on any atom is -0.493 e. The molecule has 0 saturated carbocycles. The number of aromatic nitrogens is 1. The van der Waals surface area contributed by atoms with Crippen molar-refractivity contribution < 1.29 is 4.74 Å². The van der Waals surface area contributed by atoms with Crippen molar-refractivity contribution in [2.75, 3.05) is 6.61 Å². The van der Waals surface area contributed by atoms with Gasteiger partial charge in [-0.25, -0.2) is 0 Å². The Labute approximate surface area is 120 Å². The fourth-order valence-electron chi connectivity index (χ4n) is 2.73. The number of para-hydroxylation sites is 1. The van der Waals surface area contributed by atoms with E-state index in [0.717, 1.165) is 18.1 Å². The van der Waals surface area contributed by atoms with Gasteiger partial charge in [0.2, 0.25) is 0 Å². The number of hydrogen-bond acceptors (Lipinski definition) is 3. The van der Waals surface area contributed by atoms with Crippen molar-refractivity contribution in [3.05, 3.63) is 59.9 Å². The lowest BCUT2D eigenvalue weighted by Gasteiger charge is -2.34. The van der Waals surface area contributed by atoms with E-state index in [4.69, 9.17) is 4.74 Å². The molecular weight excluding hydrogens is 248 g/mol. The zero-order valence-electron chi connectivity index (χ0n) is 11.9. The van der Waals surface area contributed by atoms with Crippen molar-refractivity contribution >= 4 is 0 Å². The molecule has 1 aliphatic heterocycles. The SMILES string of the molecule is CC1COc2ccccc2C1N[C@@H](C)c1ccccn1. The summed E-state index contributed by atoms with van der Waals surface area (Å²) in [7, 11) is 0. The summed E-state index contributed by atoms with van der Waals surface area (Å²) in [4.78, 5) is 4.43. The first-order valence-corrected chi connectivity index (χ1v) is 7.14. The smallest absolute Gasteiger partial charge is 0.124 e. The Morgan fingerprint density at radius 1 is 1.20 bits per heavy atom. The topological polar surface area (TPSA) is 34.1 Å². The molecule has 0 spiro atoms. The van der Waals surface area contributed by atoms with Crippen LogP contribution in [0.5, 0.6) is 5.75 Å². The monoisotopic (exact) mass is 268 g/mol. The van der Waals surface area contributed by atoms with Gasteiger partial charge in [0.25, 0.3) is 0 Å². The Bertz CT molecular complexity index is 570. The molecule has 0 fully saturated rings. The van der Waals surface area contributed by atoms with Crippen molar-refractivity contribution in [2.24, 2.45) is 5.92 Å². The summed E-state index contributed by atoms with van der Waals surface area (Å²) in [5.41, 5.74) is 2.32. The van der Waals surface area contributed by atoms with E-state index in [-0.39, 0.29) is 6.04 Å². The number of rotatable bonds is 3. The highest BCUT2D eigenvalue weighted by Crippen LogP contribution is 2.36. The quantitative estimate of drug-likeness (QED) is 0.925. The minimum atomic E-state index is 0.217. The molecule has 0 bridgehead atoms. The molecule has 0 radical (unpaired) electrons. The second kappa shape index (κ2) is 5.63. The van der Waals surface area contributed by atoms with E-state index in [0.29, 0.717) is 12.0 Å². The summed E-state index contributed by atoms with van der Waals surface area (Å²) in [5.74, 6) is 1.44. The Balaban J connectivity index is 1.83. The lowest BCUT2D eigenvalue weighted by molar-refractivity contribution is 0.181. The first-order valence-electron chi connectivity index (χ1n) is 7.14. The molecule has 20 heavy (non-hydrogen) atoms. The van der Waals surface area contributed by atoms with Crippen LogP contribution in [0.25, 0.3) is 0 Å². The maximum absolute atomic E-state index is 5.80. The van der Waals surface area contributed by atoms with Gasteiger partial charge in [0.1, 0.15) is 5.75 Å². The predicted octanol–water partition coefficient (Wildman–Crippen LogP) is 3.50. The van der Waals surface area contributed by atoms with E-state index in [9.17, 15) is 0 Å². The van der Waals surface area contributed by atoms with Crippen molar-refractivity contribution in [3.63, 3.8) is 0 Å². The van der Waals surface area contributed by atoms with Crippen LogP contribution < -0.4 is 10.1 Å². The molecule has 1 aromatic carbocycles. The third kappa shape index (κ3) is 2.54. The highest BCUT2D eigenvalue weighted by Gasteiger charge is 2.28. The molecule has 2 unspecified atom stereocenters. The van der Waals surface area contributed by atoms with Crippen molar-refractivity contribution in [1.29, 1.82) is 0 Å². The molecule has 3 atom stereocenters. The first kappa shape index (κ1) is 13.1. The van der Waals surface area contributed by atoms with Gasteiger partial charge in [0.05, 0.1) is 12.3 Å². The van der Waals surface area contributed by atoms with Crippen LogP contribution in [0.2, 0.25) is 0 Å². The number of nitrogens with zero attached hydrogens (tertiary/aromatic N) is 1. The molecule has 1 aliphatic rings. The number of fused-ring (bicyclic) bond motifs is 1. The van der Waals surface area contributed by atoms with Crippen LogP contribution in [0, 0.1) is 5.92 Å². The van der Waals surface area contributed by atoms with Crippen LogP contribution in [0.3, 0.4) is 0 Å². The van der Waals surface area contributed by atoms with Gasteiger partial charge in [-0.1, -0.05) is 31.2 Å². The van der Waals surface area contributed by atoms with Gasteiger partial charge in [-0.2, -0.15) is 0 Å². The Morgan fingerprint density at radius 3 is 2.80 bits per heavy atom. The summed E-state index contributed by atoms with van der Waals surface area (Å²) < 4.78 is 5.80. The summed E-state index contributed by atoms with van der Waals surface area (Å²) in [6.45, 7) is 5.13. The standard InChI is InChI=1S/C17H20N2O/c1-12-11-20-16-9-4-3-7-14(16)17(12)19-13(2)15-8-5-6-10-18-15/h3-10,12-13,17,19H,11H2,1-2H3/t12?,13-,17?/m0/s1. The number of benzene rings is 1. The van der Waals surface area contributed by atoms with Gasteiger partial charge < -0.3 is 10.1 Å². The van der Waals surface area contributed by atoms with Gasteiger partial charge in [0.15, 0.2) is 0 Å². The van der Waals surface area contributed by atoms with Crippen molar-refractivity contribution in [1.82, 2.24) is 10.3 Å². The van der Waals surface area contributed by atoms with E-state index >= 15 is 0 Å². The summed E-state index contributed by atoms with van der Waals surface area (Å²) >= 11 is 0. The van der Waals surface area contributed by atoms with Crippen LogP contribution in [-0.4, -0.2) is 11.6 Å². The largest absolute Gasteiger partial charge is 0.493 e. The molecule has 2 aromatic rings. The number of pyridine rings is 1. The van der Waals surface area contributed by atoms with Crippen LogP contribution >= 0.6 is 0 Å². The van der Waals surface area contributed by atoms with Crippen LogP contribution in [0.4, 0.5) is 0 Å². The predicted molar refractivity (Wildman–Crippen MR) is 79.6 cm³/mol. The van der Waals surface area contributed by atoms with Crippen LogP contribution in [0.15, 0.2) is 48.7 Å². The fraction of sp³-hybridized carbons (Fsp3) is 0.353. The van der Waals surface area contributed by atoms with Gasteiger partial charge in [-0.3, -0.25) is 4.98 Å². The molecule has 3 nitrogen and oxygen atoms in total. The zero-order valence-corrected chi connectivity index (χ0v) is 11.9. The average Bonchev–Trinajstić information content (AvgIpc) is 2.51. The van der Waals surface area contributed by atoms with E-state index in [2.05, 4.69) is 42.3 Å². The summed E-state index contributed by atoms with van der Waals surface area (Å²) in [6, 6.07) is 14.8. The molecule has 2 heterocycles. The third-order valence-electron chi connectivity index (χ3n) is 3.89. The van der Waals surface area contributed by atoms with Gasteiger partial charge in [-0.05, 0) is 25.1 Å². The van der Waals surface area contributed by atoms with Gasteiger partial charge >= 0.3 is 0 Å².